The quantitative estimate of drug-likeness (QED) is 0.482. The lowest BCUT2D eigenvalue weighted by atomic mass is 10.1. The fraction of sp³-hybridized carbons (Fsp3) is 0.0909. The summed E-state index contributed by atoms with van der Waals surface area (Å²) < 4.78 is 0. The molecule has 0 bridgehead atoms. The van der Waals surface area contributed by atoms with Crippen LogP contribution in [0.4, 0.5) is 11.5 Å². The molecule has 3 nitrogen and oxygen atoms in total. The lowest BCUT2D eigenvalue weighted by Gasteiger charge is -2.13. The highest BCUT2D eigenvalue weighted by molar-refractivity contribution is 5.92. The van der Waals surface area contributed by atoms with E-state index in [1.165, 1.54) is 5.56 Å². The highest BCUT2D eigenvalue weighted by Gasteiger charge is 2.10. The summed E-state index contributed by atoms with van der Waals surface area (Å²) in [6.45, 7) is 2.16. The maximum atomic E-state index is 4.82. The van der Waals surface area contributed by atoms with Crippen LogP contribution in [0.2, 0.25) is 0 Å². The molecule has 26 heavy (non-hydrogen) atoms. The molecule has 0 saturated carbocycles. The molecule has 3 aromatic carbocycles. The smallest absolute Gasteiger partial charge is 0.162 e. The number of rotatable bonds is 4. The van der Waals surface area contributed by atoms with E-state index >= 15 is 0 Å². The summed E-state index contributed by atoms with van der Waals surface area (Å²) in [7, 11) is 0. The van der Waals surface area contributed by atoms with Crippen LogP contribution in [0.1, 0.15) is 12.5 Å². The van der Waals surface area contributed by atoms with Crippen molar-refractivity contribution < 1.29 is 0 Å². The summed E-state index contributed by atoms with van der Waals surface area (Å²) in [5.41, 5.74) is 4.31. The third kappa shape index (κ3) is 3.53. The van der Waals surface area contributed by atoms with E-state index in [-0.39, 0.29) is 12.4 Å². The molecule has 0 aliphatic heterocycles. The lowest BCUT2D eigenvalue weighted by molar-refractivity contribution is 1.14. The van der Waals surface area contributed by atoms with Crippen LogP contribution in [0, 0.1) is 0 Å². The number of para-hydroxylation sites is 2. The van der Waals surface area contributed by atoms with E-state index in [9.17, 15) is 0 Å². The van der Waals surface area contributed by atoms with Gasteiger partial charge in [-0.15, -0.1) is 12.4 Å². The van der Waals surface area contributed by atoms with Gasteiger partial charge in [0.2, 0.25) is 0 Å². The molecule has 1 N–H and O–H groups in total. The first kappa shape index (κ1) is 17.9. The van der Waals surface area contributed by atoms with Gasteiger partial charge in [-0.25, -0.2) is 9.97 Å². The van der Waals surface area contributed by atoms with Gasteiger partial charge in [-0.2, -0.15) is 0 Å². The molecule has 1 aromatic heterocycles. The van der Waals surface area contributed by atoms with E-state index < -0.39 is 0 Å². The molecule has 0 fully saturated rings. The highest BCUT2D eigenvalue weighted by atomic mass is 35.5. The molecule has 0 spiro atoms. The minimum absolute atomic E-state index is 0. The Labute approximate surface area is 159 Å². The number of anilines is 2. The number of halogens is 1. The molecule has 130 valence electrons. The molecule has 1 heterocycles. The van der Waals surface area contributed by atoms with Crippen molar-refractivity contribution in [1.29, 1.82) is 0 Å². The molecule has 0 amide bonds. The maximum Gasteiger partial charge on any atom is 0.162 e. The molecule has 0 atom stereocenters. The van der Waals surface area contributed by atoms with Crippen LogP contribution in [0.25, 0.3) is 22.3 Å². The Morgan fingerprint density at radius 3 is 2.27 bits per heavy atom. The van der Waals surface area contributed by atoms with Crippen molar-refractivity contribution in [3.05, 3.63) is 84.4 Å². The number of nitrogens with zero attached hydrogens (tertiary/aromatic N) is 2. The van der Waals surface area contributed by atoms with Crippen LogP contribution in [-0.2, 0) is 6.42 Å². The van der Waals surface area contributed by atoms with Crippen molar-refractivity contribution in [2.75, 3.05) is 5.32 Å². The van der Waals surface area contributed by atoms with E-state index in [0.29, 0.717) is 0 Å². The number of aromatic nitrogens is 2. The zero-order chi connectivity index (χ0) is 17.1. The normalized spacial score (nSPS) is 10.3. The standard InChI is InChI=1S/C22H19N3.ClH/c1-2-16-10-6-8-14-19(16)23-22-18-13-7-9-15-20(18)24-21(25-22)17-11-4-3-5-12-17;/h3-15H,2H2,1H3,(H,23,24,25);1H. The zero-order valence-electron chi connectivity index (χ0n) is 14.5. The number of fused-ring (bicyclic) bond motifs is 1. The molecular formula is C22H20ClN3. The van der Waals surface area contributed by atoms with Gasteiger partial charge >= 0.3 is 0 Å². The molecular weight excluding hydrogens is 342 g/mol. The van der Waals surface area contributed by atoms with Gasteiger partial charge in [0.25, 0.3) is 0 Å². The number of benzene rings is 3. The molecule has 0 aliphatic rings. The second kappa shape index (κ2) is 7.98. The van der Waals surface area contributed by atoms with Gasteiger partial charge in [0.05, 0.1) is 5.52 Å². The number of aryl methyl sites for hydroxylation is 1. The Morgan fingerprint density at radius 2 is 1.46 bits per heavy atom. The minimum atomic E-state index is 0. The van der Waals surface area contributed by atoms with E-state index in [1.807, 2.05) is 54.6 Å². The summed E-state index contributed by atoms with van der Waals surface area (Å²) in [5, 5.41) is 4.55. The van der Waals surface area contributed by atoms with Gasteiger partial charge in [0, 0.05) is 16.6 Å². The van der Waals surface area contributed by atoms with E-state index in [0.717, 1.165) is 40.2 Å². The van der Waals surface area contributed by atoms with Gasteiger partial charge in [0.15, 0.2) is 5.82 Å². The average Bonchev–Trinajstić information content (AvgIpc) is 2.69. The van der Waals surface area contributed by atoms with Gasteiger partial charge in [0.1, 0.15) is 5.82 Å². The van der Waals surface area contributed by atoms with Gasteiger partial charge in [-0.3, -0.25) is 0 Å². The molecule has 0 aliphatic carbocycles. The molecule has 4 aromatic rings. The Balaban J connectivity index is 0.00000196. The van der Waals surface area contributed by atoms with Crippen LogP contribution in [0.3, 0.4) is 0 Å². The number of nitrogens with one attached hydrogen (secondary N) is 1. The third-order valence-electron chi connectivity index (χ3n) is 4.29. The second-order valence-corrected chi connectivity index (χ2v) is 5.91. The second-order valence-electron chi connectivity index (χ2n) is 5.91. The van der Waals surface area contributed by atoms with Crippen molar-refractivity contribution in [3.63, 3.8) is 0 Å². The summed E-state index contributed by atoms with van der Waals surface area (Å²) in [5.74, 6) is 1.57. The van der Waals surface area contributed by atoms with Crippen molar-refractivity contribution >= 4 is 34.8 Å². The Hall–Kier alpha value is -2.91. The maximum absolute atomic E-state index is 4.82. The molecule has 4 heteroatoms. The van der Waals surface area contributed by atoms with Gasteiger partial charge < -0.3 is 5.32 Å². The van der Waals surface area contributed by atoms with E-state index in [1.54, 1.807) is 0 Å². The van der Waals surface area contributed by atoms with Gasteiger partial charge in [-0.1, -0.05) is 67.6 Å². The minimum Gasteiger partial charge on any atom is -0.339 e. The molecule has 0 radical (unpaired) electrons. The molecule has 0 unspecified atom stereocenters. The summed E-state index contributed by atoms with van der Waals surface area (Å²) in [6.07, 6.45) is 0.970. The topological polar surface area (TPSA) is 37.8 Å². The van der Waals surface area contributed by atoms with Crippen molar-refractivity contribution in [2.45, 2.75) is 13.3 Å². The van der Waals surface area contributed by atoms with Crippen LogP contribution in [0.15, 0.2) is 78.9 Å². The van der Waals surface area contributed by atoms with E-state index in [4.69, 9.17) is 9.97 Å². The predicted molar refractivity (Wildman–Crippen MR) is 111 cm³/mol. The van der Waals surface area contributed by atoms with Crippen LogP contribution < -0.4 is 5.32 Å². The highest BCUT2D eigenvalue weighted by Crippen LogP contribution is 2.28. The van der Waals surface area contributed by atoms with Crippen LogP contribution >= 0.6 is 12.4 Å². The first-order valence-electron chi connectivity index (χ1n) is 8.52. The predicted octanol–water partition coefficient (Wildman–Crippen LogP) is 6.02. The molecule has 4 rings (SSSR count). The van der Waals surface area contributed by atoms with E-state index in [2.05, 4.69) is 36.5 Å². The summed E-state index contributed by atoms with van der Waals surface area (Å²) in [6, 6.07) is 26.5. The number of hydrogen-bond acceptors (Lipinski definition) is 3. The first-order chi connectivity index (χ1) is 12.3. The summed E-state index contributed by atoms with van der Waals surface area (Å²) in [4.78, 5) is 9.56. The van der Waals surface area contributed by atoms with Crippen molar-refractivity contribution in [3.8, 4) is 11.4 Å². The van der Waals surface area contributed by atoms with Gasteiger partial charge in [-0.05, 0) is 30.2 Å². The Kier molecular flexibility index (Phi) is 5.49. The third-order valence-corrected chi connectivity index (χ3v) is 4.29. The molecule has 0 saturated heterocycles. The Bertz CT molecular complexity index is 1020. The fourth-order valence-corrected chi connectivity index (χ4v) is 2.97. The lowest BCUT2D eigenvalue weighted by Crippen LogP contribution is -2.01. The first-order valence-corrected chi connectivity index (χ1v) is 8.52. The average molecular weight is 362 g/mol. The Morgan fingerprint density at radius 1 is 0.769 bits per heavy atom. The van der Waals surface area contributed by atoms with Crippen LogP contribution in [-0.4, -0.2) is 9.97 Å². The monoisotopic (exact) mass is 361 g/mol. The summed E-state index contributed by atoms with van der Waals surface area (Å²) >= 11 is 0. The fourth-order valence-electron chi connectivity index (χ4n) is 2.97. The van der Waals surface area contributed by atoms with Crippen LogP contribution in [0.5, 0.6) is 0 Å². The SMILES string of the molecule is CCc1ccccc1Nc1nc(-c2ccccc2)nc2ccccc12.Cl. The van der Waals surface area contributed by atoms with Crippen molar-refractivity contribution in [1.82, 2.24) is 9.97 Å². The largest absolute Gasteiger partial charge is 0.339 e. The zero-order valence-corrected chi connectivity index (χ0v) is 15.3. The number of hydrogen-bond donors (Lipinski definition) is 1. The van der Waals surface area contributed by atoms with Crippen molar-refractivity contribution in [2.24, 2.45) is 0 Å².